The van der Waals surface area contributed by atoms with Gasteiger partial charge in [0.1, 0.15) is 11.8 Å². The van der Waals surface area contributed by atoms with Gasteiger partial charge in [-0.3, -0.25) is 9.99 Å². The number of hydrogen-bond donors (Lipinski definition) is 2. The second-order valence-corrected chi connectivity index (χ2v) is 5.21. The molecule has 0 bridgehead atoms. The van der Waals surface area contributed by atoms with Crippen LogP contribution in [0.5, 0.6) is 0 Å². The lowest BCUT2D eigenvalue weighted by molar-refractivity contribution is 0.823. The Bertz CT molecular complexity index is 651. The molecule has 3 aromatic heterocycles. The quantitative estimate of drug-likeness (QED) is 0.518. The minimum atomic E-state index is 0.269. The summed E-state index contributed by atoms with van der Waals surface area (Å²) in [6.07, 6.45) is 4.96. The highest BCUT2D eigenvalue weighted by Gasteiger charge is 2.10. The van der Waals surface area contributed by atoms with Crippen molar-refractivity contribution < 1.29 is 0 Å². The van der Waals surface area contributed by atoms with E-state index in [1.54, 1.807) is 28.8 Å². The van der Waals surface area contributed by atoms with Crippen LogP contribution in [-0.4, -0.2) is 34.7 Å². The van der Waals surface area contributed by atoms with Crippen molar-refractivity contribution in [2.75, 3.05) is 5.43 Å². The minimum absolute atomic E-state index is 0.269. The Balaban J connectivity index is 1.98. The number of rotatable bonds is 4. The van der Waals surface area contributed by atoms with Crippen LogP contribution in [0, 0.1) is 0 Å². The highest BCUT2D eigenvalue weighted by atomic mass is 32.2. The Morgan fingerprint density at radius 2 is 2.26 bits per heavy atom. The summed E-state index contributed by atoms with van der Waals surface area (Å²) in [5.41, 5.74) is 4.05. The summed E-state index contributed by atoms with van der Waals surface area (Å²) in [6, 6.07) is 0. The van der Waals surface area contributed by atoms with Gasteiger partial charge >= 0.3 is 0 Å². The summed E-state index contributed by atoms with van der Waals surface area (Å²) in [4.78, 5) is 16.5. The smallest absolute Gasteiger partial charge is 0.242 e. The van der Waals surface area contributed by atoms with E-state index in [0.717, 1.165) is 4.34 Å². The van der Waals surface area contributed by atoms with E-state index in [4.69, 9.17) is 5.84 Å². The SMILES string of the molecule is NNc1nc(Sc2nncs2)nc(-n2ccnc2)n1. The van der Waals surface area contributed by atoms with Crippen LogP contribution in [0.25, 0.3) is 5.95 Å². The normalized spacial score (nSPS) is 10.6. The molecular weight excluding hydrogens is 286 g/mol. The summed E-state index contributed by atoms with van der Waals surface area (Å²) < 4.78 is 2.40. The van der Waals surface area contributed by atoms with Gasteiger partial charge in [-0.15, -0.1) is 10.2 Å². The van der Waals surface area contributed by atoms with Crippen LogP contribution < -0.4 is 11.3 Å². The Morgan fingerprint density at radius 1 is 1.32 bits per heavy atom. The number of nitrogens with zero attached hydrogens (tertiary/aromatic N) is 7. The molecule has 0 amide bonds. The molecule has 0 saturated heterocycles. The molecule has 3 N–H and O–H groups in total. The van der Waals surface area contributed by atoms with Gasteiger partial charge in [-0.25, -0.2) is 10.8 Å². The lowest BCUT2D eigenvalue weighted by Gasteiger charge is -2.05. The summed E-state index contributed by atoms with van der Waals surface area (Å²) in [5.74, 6) is 6.04. The summed E-state index contributed by atoms with van der Waals surface area (Å²) in [7, 11) is 0. The van der Waals surface area contributed by atoms with Crippen LogP contribution in [0.1, 0.15) is 0 Å². The largest absolute Gasteiger partial charge is 0.292 e. The lowest BCUT2D eigenvalue weighted by Crippen LogP contribution is -2.13. The molecule has 11 heteroatoms. The van der Waals surface area contributed by atoms with E-state index in [1.807, 2.05) is 0 Å². The van der Waals surface area contributed by atoms with E-state index in [1.165, 1.54) is 23.1 Å². The second-order valence-electron chi connectivity index (χ2n) is 3.16. The number of aromatic nitrogens is 7. The molecule has 3 aromatic rings. The van der Waals surface area contributed by atoms with Crippen molar-refractivity contribution in [1.82, 2.24) is 34.7 Å². The molecule has 96 valence electrons. The van der Waals surface area contributed by atoms with Gasteiger partial charge in [0, 0.05) is 12.4 Å². The third-order valence-electron chi connectivity index (χ3n) is 1.99. The van der Waals surface area contributed by atoms with Crippen LogP contribution in [0.2, 0.25) is 0 Å². The van der Waals surface area contributed by atoms with E-state index >= 15 is 0 Å². The van der Waals surface area contributed by atoms with Gasteiger partial charge in [-0.1, -0.05) is 11.3 Å². The van der Waals surface area contributed by atoms with Crippen LogP contribution in [0.4, 0.5) is 5.95 Å². The first kappa shape index (κ1) is 12.0. The number of anilines is 1. The zero-order chi connectivity index (χ0) is 13.1. The molecule has 0 radical (unpaired) electrons. The van der Waals surface area contributed by atoms with Gasteiger partial charge in [0.15, 0.2) is 4.34 Å². The van der Waals surface area contributed by atoms with Crippen LogP contribution in [-0.2, 0) is 0 Å². The van der Waals surface area contributed by atoms with Crippen molar-refractivity contribution in [3.05, 3.63) is 24.2 Å². The highest BCUT2D eigenvalue weighted by Crippen LogP contribution is 2.26. The molecule has 0 fully saturated rings. The van der Waals surface area contributed by atoms with E-state index in [0.29, 0.717) is 11.1 Å². The second kappa shape index (κ2) is 5.26. The Labute approximate surface area is 115 Å². The Kier molecular flexibility index (Phi) is 3.31. The van der Waals surface area contributed by atoms with Crippen molar-refractivity contribution in [3.63, 3.8) is 0 Å². The number of hydrazine groups is 1. The number of nitrogens with two attached hydrogens (primary N) is 1. The monoisotopic (exact) mass is 293 g/mol. The molecule has 0 aliphatic rings. The zero-order valence-corrected chi connectivity index (χ0v) is 11.0. The molecule has 0 atom stereocenters. The molecule has 0 spiro atoms. The van der Waals surface area contributed by atoms with Gasteiger partial charge in [0.05, 0.1) is 0 Å². The lowest BCUT2D eigenvalue weighted by atomic mass is 10.8. The third-order valence-corrected chi connectivity index (χ3v) is 3.63. The maximum absolute atomic E-state index is 5.35. The number of imidazole rings is 1. The first-order chi connectivity index (χ1) is 9.35. The van der Waals surface area contributed by atoms with Crippen LogP contribution in [0.3, 0.4) is 0 Å². The van der Waals surface area contributed by atoms with E-state index in [2.05, 4.69) is 35.6 Å². The first-order valence-corrected chi connectivity index (χ1v) is 6.70. The van der Waals surface area contributed by atoms with Crippen molar-refractivity contribution in [2.45, 2.75) is 9.50 Å². The predicted molar refractivity (Wildman–Crippen MR) is 68.8 cm³/mol. The number of hydrogen-bond acceptors (Lipinski definition) is 10. The molecule has 3 rings (SSSR count). The molecule has 0 unspecified atom stereocenters. The molecule has 0 aliphatic heterocycles. The molecule has 3 heterocycles. The van der Waals surface area contributed by atoms with Gasteiger partial charge < -0.3 is 0 Å². The molecule has 0 aromatic carbocycles. The van der Waals surface area contributed by atoms with Crippen molar-refractivity contribution in [2.24, 2.45) is 5.84 Å². The molecule has 0 saturated carbocycles. The van der Waals surface area contributed by atoms with Gasteiger partial charge in [-0.2, -0.15) is 15.0 Å². The Hall–Kier alpha value is -2.11. The van der Waals surface area contributed by atoms with Crippen molar-refractivity contribution >= 4 is 29.0 Å². The molecule has 0 aliphatic carbocycles. The highest BCUT2D eigenvalue weighted by molar-refractivity contribution is 8.00. The van der Waals surface area contributed by atoms with Crippen molar-refractivity contribution in [3.8, 4) is 5.95 Å². The van der Waals surface area contributed by atoms with E-state index in [-0.39, 0.29) is 5.95 Å². The predicted octanol–water partition coefficient (Wildman–Crippen LogP) is 0.346. The summed E-state index contributed by atoms with van der Waals surface area (Å²) in [6.45, 7) is 0. The Morgan fingerprint density at radius 3 is 2.95 bits per heavy atom. The number of nitrogens with one attached hydrogen (secondary N) is 1. The first-order valence-electron chi connectivity index (χ1n) is 5.00. The van der Waals surface area contributed by atoms with E-state index in [9.17, 15) is 0 Å². The standard InChI is InChI=1S/C8H7N9S2/c9-15-5-12-6(17-2-1-10-3-17)14-7(13-5)19-8-16-11-4-18-8/h1-4H,9H2,(H,12,13,14,15). The van der Waals surface area contributed by atoms with Crippen molar-refractivity contribution in [1.29, 1.82) is 0 Å². The fourth-order valence-corrected chi connectivity index (χ4v) is 2.56. The number of nitrogen functional groups attached to an aromatic ring is 1. The maximum Gasteiger partial charge on any atom is 0.242 e. The molecule has 9 nitrogen and oxygen atoms in total. The van der Waals surface area contributed by atoms with E-state index < -0.39 is 0 Å². The molecule has 19 heavy (non-hydrogen) atoms. The molecular formula is C8H7N9S2. The van der Waals surface area contributed by atoms with Gasteiger partial charge in [-0.05, 0) is 11.8 Å². The summed E-state index contributed by atoms with van der Waals surface area (Å²) >= 11 is 2.69. The van der Waals surface area contributed by atoms with Gasteiger partial charge in [0.2, 0.25) is 17.1 Å². The average Bonchev–Trinajstić information content (AvgIpc) is 3.11. The topological polar surface area (TPSA) is 120 Å². The average molecular weight is 293 g/mol. The van der Waals surface area contributed by atoms with Crippen LogP contribution in [0.15, 0.2) is 33.7 Å². The fourth-order valence-electron chi connectivity index (χ4n) is 1.23. The van der Waals surface area contributed by atoms with Crippen LogP contribution >= 0.6 is 23.1 Å². The third kappa shape index (κ3) is 2.67. The zero-order valence-electron chi connectivity index (χ0n) is 9.33. The fraction of sp³-hybridized carbons (Fsp3) is 0. The van der Waals surface area contributed by atoms with Gasteiger partial charge in [0.25, 0.3) is 0 Å². The minimum Gasteiger partial charge on any atom is -0.292 e. The summed E-state index contributed by atoms with van der Waals surface area (Å²) in [5, 5.41) is 8.15. The maximum atomic E-state index is 5.35.